The van der Waals surface area contributed by atoms with Crippen LogP contribution in [0, 0.1) is 0 Å². The van der Waals surface area contributed by atoms with Crippen molar-refractivity contribution in [1.29, 1.82) is 0 Å². The van der Waals surface area contributed by atoms with Gasteiger partial charge in [-0.05, 0) is 31.2 Å². The zero-order valence-electron chi connectivity index (χ0n) is 7.46. The molecule has 2 nitrogen and oxygen atoms in total. The van der Waals surface area contributed by atoms with Crippen LogP contribution in [0.3, 0.4) is 0 Å². The summed E-state index contributed by atoms with van der Waals surface area (Å²) in [6.45, 7) is 1.37. The average molecular weight is 276 g/mol. The van der Waals surface area contributed by atoms with Crippen molar-refractivity contribution < 1.29 is 9.59 Å². The molecule has 0 amide bonds. The van der Waals surface area contributed by atoms with Crippen molar-refractivity contribution in [3.8, 4) is 0 Å². The van der Waals surface area contributed by atoms with Gasteiger partial charge in [-0.1, -0.05) is 27.5 Å². The second kappa shape index (κ2) is 4.71. The lowest BCUT2D eigenvalue weighted by Crippen LogP contribution is -2.21. The van der Waals surface area contributed by atoms with E-state index in [2.05, 4.69) is 15.9 Å². The summed E-state index contributed by atoms with van der Waals surface area (Å²) in [5, 5.41) is 0.565. The summed E-state index contributed by atoms with van der Waals surface area (Å²) in [6, 6.07) is 6.44. The Balaban J connectivity index is 2.90. The lowest BCUT2D eigenvalue weighted by atomic mass is 10.1. The molecule has 0 aliphatic heterocycles. The van der Waals surface area contributed by atoms with E-state index in [9.17, 15) is 9.59 Å². The van der Waals surface area contributed by atoms with E-state index in [0.717, 1.165) is 0 Å². The number of Topliss-reactive ketones (excluding diaryl/α,β-unsaturated/α-hetero) is 2. The number of benzene rings is 1. The quantitative estimate of drug-likeness (QED) is 0.483. The number of alkyl halides is 1. The molecule has 0 radical (unpaired) electrons. The number of ketones is 2. The summed E-state index contributed by atoms with van der Waals surface area (Å²) in [6.07, 6.45) is 0. The molecule has 1 rings (SSSR count). The van der Waals surface area contributed by atoms with Crippen molar-refractivity contribution >= 4 is 39.1 Å². The number of hydrogen-bond acceptors (Lipinski definition) is 2. The maximum atomic E-state index is 11.6. The summed E-state index contributed by atoms with van der Waals surface area (Å²) in [7, 11) is 0. The fourth-order valence-electron chi connectivity index (χ4n) is 0.945. The molecule has 0 aliphatic carbocycles. The third-order valence-corrected chi connectivity index (χ3v) is 3.03. The van der Waals surface area contributed by atoms with Crippen LogP contribution in [0.2, 0.25) is 5.02 Å². The van der Waals surface area contributed by atoms with Gasteiger partial charge in [0.25, 0.3) is 0 Å². The summed E-state index contributed by atoms with van der Waals surface area (Å²) in [4.78, 5) is 21.8. The van der Waals surface area contributed by atoms with Gasteiger partial charge in [-0.2, -0.15) is 0 Å². The van der Waals surface area contributed by atoms with Gasteiger partial charge in [0, 0.05) is 10.6 Å². The molecule has 74 valence electrons. The first kappa shape index (κ1) is 11.4. The van der Waals surface area contributed by atoms with E-state index in [0.29, 0.717) is 10.6 Å². The number of hydrogen-bond donors (Lipinski definition) is 0. The molecule has 1 atom stereocenters. The molecule has 0 bridgehead atoms. The van der Waals surface area contributed by atoms with E-state index in [1.165, 1.54) is 6.92 Å². The second-order valence-corrected chi connectivity index (χ2v) is 4.20. The number of carbonyl (C=O) groups excluding carboxylic acids is 2. The Labute approximate surface area is 95.4 Å². The van der Waals surface area contributed by atoms with Crippen LogP contribution in [-0.4, -0.2) is 16.4 Å². The molecule has 1 aromatic rings. The van der Waals surface area contributed by atoms with Gasteiger partial charge in [0.2, 0.25) is 0 Å². The van der Waals surface area contributed by atoms with Gasteiger partial charge in [-0.15, -0.1) is 0 Å². The molecule has 0 heterocycles. The number of halogens is 2. The average Bonchev–Trinajstić information content (AvgIpc) is 2.16. The van der Waals surface area contributed by atoms with E-state index in [4.69, 9.17) is 11.6 Å². The molecular weight excluding hydrogens is 267 g/mol. The normalized spacial score (nSPS) is 12.2. The fourth-order valence-corrected chi connectivity index (χ4v) is 1.34. The van der Waals surface area contributed by atoms with Crippen LogP contribution in [0.15, 0.2) is 24.3 Å². The molecule has 0 aromatic heterocycles. The Morgan fingerprint density at radius 2 is 1.79 bits per heavy atom. The molecule has 1 unspecified atom stereocenters. The molecule has 4 heteroatoms. The summed E-state index contributed by atoms with van der Waals surface area (Å²) in [5.41, 5.74) is 0.478. The van der Waals surface area contributed by atoms with Crippen LogP contribution in [-0.2, 0) is 4.79 Å². The van der Waals surface area contributed by atoms with Gasteiger partial charge in [0.1, 0.15) is 4.83 Å². The molecule has 0 saturated carbocycles. The van der Waals surface area contributed by atoms with Crippen molar-refractivity contribution in [2.24, 2.45) is 0 Å². The predicted octanol–water partition coefficient (Wildman–Crippen LogP) is 2.88. The minimum absolute atomic E-state index is 0.204. The Hall–Kier alpha value is -0.670. The number of carbonyl (C=O) groups is 2. The van der Waals surface area contributed by atoms with E-state index in [1.807, 2.05) is 0 Å². The van der Waals surface area contributed by atoms with E-state index < -0.39 is 4.83 Å². The molecule has 0 spiro atoms. The van der Waals surface area contributed by atoms with Crippen molar-refractivity contribution in [2.45, 2.75) is 11.8 Å². The molecular formula is C10H8BrClO2. The van der Waals surface area contributed by atoms with Crippen LogP contribution >= 0.6 is 27.5 Å². The van der Waals surface area contributed by atoms with E-state index in [1.54, 1.807) is 24.3 Å². The highest BCUT2D eigenvalue weighted by molar-refractivity contribution is 9.10. The maximum absolute atomic E-state index is 11.6. The van der Waals surface area contributed by atoms with Crippen LogP contribution in [0.5, 0.6) is 0 Å². The molecule has 0 saturated heterocycles. The highest BCUT2D eigenvalue weighted by atomic mass is 79.9. The second-order valence-electron chi connectivity index (χ2n) is 2.84. The Bertz CT molecular complexity index is 359. The summed E-state index contributed by atoms with van der Waals surface area (Å²) >= 11 is 8.70. The zero-order chi connectivity index (χ0) is 10.7. The van der Waals surface area contributed by atoms with Gasteiger partial charge in [0.15, 0.2) is 11.6 Å². The standard InChI is InChI=1S/C10H8BrClO2/c1-6(13)9(11)10(14)7-2-4-8(12)5-3-7/h2-5,9H,1H3. The SMILES string of the molecule is CC(=O)C(Br)C(=O)c1ccc(Cl)cc1. The lowest BCUT2D eigenvalue weighted by Gasteiger charge is -2.04. The Morgan fingerprint density at radius 1 is 1.29 bits per heavy atom. The summed E-state index contributed by atoms with van der Waals surface area (Å²) < 4.78 is 0. The third kappa shape index (κ3) is 2.66. The first-order valence-corrected chi connectivity index (χ1v) is 5.26. The Morgan fingerprint density at radius 3 is 2.21 bits per heavy atom. The van der Waals surface area contributed by atoms with Gasteiger partial charge in [-0.25, -0.2) is 0 Å². The van der Waals surface area contributed by atoms with E-state index >= 15 is 0 Å². The molecule has 1 aromatic carbocycles. The van der Waals surface area contributed by atoms with E-state index in [-0.39, 0.29) is 11.6 Å². The Kier molecular flexibility index (Phi) is 3.84. The molecule has 0 fully saturated rings. The molecule has 0 N–H and O–H groups in total. The monoisotopic (exact) mass is 274 g/mol. The highest BCUT2D eigenvalue weighted by Gasteiger charge is 2.20. The maximum Gasteiger partial charge on any atom is 0.183 e. The minimum atomic E-state index is -0.760. The van der Waals surface area contributed by atoms with Crippen LogP contribution in [0.1, 0.15) is 17.3 Å². The predicted molar refractivity (Wildman–Crippen MR) is 59.2 cm³/mol. The third-order valence-electron chi connectivity index (χ3n) is 1.72. The van der Waals surface area contributed by atoms with Crippen LogP contribution in [0.4, 0.5) is 0 Å². The zero-order valence-corrected chi connectivity index (χ0v) is 9.80. The van der Waals surface area contributed by atoms with Crippen molar-refractivity contribution in [3.63, 3.8) is 0 Å². The van der Waals surface area contributed by atoms with Gasteiger partial charge >= 0.3 is 0 Å². The number of rotatable bonds is 3. The van der Waals surface area contributed by atoms with Crippen LogP contribution < -0.4 is 0 Å². The fraction of sp³-hybridized carbons (Fsp3) is 0.200. The lowest BCUT2D eigenvalue weighted by molar-refractivity contribution is -0.115. The van der Waals surface area contributed by atoms with Gasteiger partial charge in [-0.3, -0.25) is 9.59 Å². The van der Waals surface area contributed by atoms with Gasteiger partial charge in [0.05, 0.1) is 0 Å². The highest BCUT2D eigenvalue weighted by Crippen LogP contribution is 2.14. The largest absolute Gasteiger partial charge is 0.298 e. The topological polar surface area (TPSA) is 34.1 Å². The van der Waals surface area contributed by atoms with Crippen LogP contribution in [0.25, 0.3) is 0 Å². The first-order valence-electron chi connectivity index (χ1n) is 3.96. The minimum Gasteiger partial charge on any atom is -0.298 e. The van der Waals surface area contributed by atoms with Gasteiger partial charge < -0.3 is 0 Å². The molecule has 14 heavy (non-hydrogen) atoms. The molecule has 0 aliphatic rings. The van der Waals surface area contributed by atoms with Crippen molar-refractivity contribution in [3.05, 3.63) is 34.9 Å². The first-order chi connectivity index (χ1) is 6.52. The smallest absolute Gasteiger partial charge is 0.183 e. The summed E-state index contributed by atoms with van der Waals surface area (Å²) in [5.74, 6) is -0.445. The van der Waals surface area contributed by atoms with Crippen molar-refractivity contribution in [1.82, 2.24) is 0 Å². The van der Waals surface area contributed by atoms with Crippen molar-refractivity contribution in [2.75, 3.05) is 0 Å².